The monoisotopic (exact) mass is 462 g/mol. The number of anilines is 1. The third-order valence-corrected chi connectivity index (χ3v) is 5.54. The lowest BCUT2D eigenvalue weighted by molar-refractivity contribution is 0.0745. The molecule has 8 heteroatoms. The van der Waals surface area contributed by atoms with E-state index in [9.17, 15) is 10.1 Å². The van der Waals surface area contributed by atoms with Gasteiger partial charge in [-0.1, -0.05) is 23.7 Å². The van der Waals surface area contributed by atoms with E-state index in [1.165, 1.54) is 0 Å². The van der Waals surface area contributed by atoms with Gasteiger partial charge in [0.2, 0.25) is 17.5 Å². The van der Waals surface area contributed by atoms with Crippen LogP contribution in [0.3, 0.4) is 0 Å². The van der Waals surface area contributed by atoms with E-state index in [-0.39, 0.29) is 11.6 Å². The highest BCUT2D eigenvalue weighted by Gasteiger charge is 2.26. The topological polar surface area (TPSA) is 82.6 Å². The molecule has 0 unspecified atom stereocenters. The van der Waals surface area contributed by atoms with Crippen LogP contribution in [0.4, 0.5) is 5.88 Å². The zero-order valence-corrected chi connectivity index (χ0v) is 19.0. The molecular formula is C25H23ClN4O3. The Balaban J connectivity index is 1.40. The molecule has 0 radical (unpaired) electrons. The van der Waals surface area contributed by atoms with Crippen LogP contribution < -0.4 is 9.64 Å². The summed E-state index contributed by atoms with van der Waals surface area (Å²) in [7, 11) is 0. The van der Waals surface area contributed by atoms with Crippen molar-refractivity contribution in [3.8, 4) is 11.8 Å². The molecule has 0 atom stereocenters. The molecule has 1 saturated heterocycles. The van der Waals surface area contributed by atoms with Gasteiger partial charge in [-0.3, -0.25) is 4.79 Å². The number of hydrogen-bond acceptors (Lipinski definition) is 6. The second-order valence-corrected chi connectivity index (χ2v) is 7.88. The number of nitriles is 1. The number of piperazine rings is 1. The van der Waals surface area contributed by atoms with Gasteiger partial charge in [0.05, 0.1) is 6.61 Å². The van der Waals surface area contributed by atoms with Gasteiger partial charge in [0, 0.05) is 42.8 Å². The summed E-state index contributed by atoms with van der Waals surface area (Å²) in [5, 5.41) is 10.2. The Morgan fingerprint density at radius 1 is 1.12 bits per heavy atom. The van der Waals surface area contributed by atoms with Crippen LogP contribution in [0.15, 0.2) is 52.9 Å². The highest BCUT2D eigenvalue weighted by molar-refractivity contribution is 6.30. The van der Waals surface area contributed by atoms with Gasteiger partial charge < -0.3 is 19.0 Å². The minimum atomic E-state index is -0.0256. The predicted octanol–water partition coefficient (Wildman–Crippen LogP) is 4.73. The minimum Gasteiger partial charge on any atom is -0.494 e. The summed E-state index contributed by atoms with van der Waals surface area (Å²) in [4.78, 5) is 20.9. The van der Waals surface area contributed by atoms with E-state index >= 15 is 0 Å². The first-order valence-electron chi connectivity index (χ1n) is 10.7. The van der Waals surface area contributed by atoms with Gasteiger partial charge in [-0.25, -0.2) is 0 Å². The number of rotatable bonds is 6. The molecule has 0 aliphatic carbocycles. The first-order chi connectivity index (χ1) is 16.1. The molecule has 1 aliphatic rings. The molecule has 1 fully saturated rings. The average molecular weight is 463 g/mol. The largest absolute Gasteiger partial charge is 0.494 e. The van der Waals surface area contributed by atoms with Crippen LogP contribution >= 0.6 is 11.6 Å². The van der Waals surface area contributed by atoms with Gasteiger partial charge in [0.15, 0.2) is 0 Å². The molecule has 1 aromatic heterocycles. The standard InChI is InChI=1S/C25H23ClN4O3/c1-2-32-21-10-6-19(7-11-21)24(31)29-13-15-30(16-14-29)25-22(17-27)28-23(33-25)12-5-18-3-8-20(26)9-4-18/h3-12H,2,13-16H2,1H3/b12-5+. The average Bonchev–Trinajstić information content (AvgIpc) is 3.27. The zero-order valence-electron chi connectivity index (χ0n) is 18.2. The van der Waals surface area contributed by atoms with Gasteiger partial charge in [-0.15, -0.1) is 0 Å². The van der Waals surface area contributed by atoms with Crippen LogP contribution in [0.5, 0.6) is 5.75 Å². The van der Waals surface area contributed by atoms with E-state index in [4.69, 9.17) is 20.8 Å². The lowest BCUT2D eigenvalue weighted by atomic mass is 10.1. The minimum absolute atomic E-state index is 0.0256. The van der Waals surface area contributed by atoms with Crippen molar-refractivity contribution in [2.45, 2.75) is 6.92 Å². The fourth-order valence-corrected chi connectivity index (χ4v) is 3.71. The Kier molecular flexibility index (Phi) is 6.96. The number of carbonyl (C=O) groups excluding carboxylic acids is 1. The van der Waals surface area contributed by atoms with Crippen molar-refractivity contribution in [1.82, 2.24) is 9.88 Å². The molecule has 1 amide bonds. The van der Waals surface area contributed by atoms with Gasteiger partial charge in [0.1, 0.15) is 11.8 Å². The van der Waals surface area contributed by atoms with Gasteiger partial charge >= 0.3 is 0 Å². The number of aromatic nitrogens is 1. The molecule has 7 nitrogen and oxygen atoms in total. The number of nitrogens with zero attached hydrogens (tertiary/aromatic N) is 4. The molecule has 2 aromatic carbocycles. The zero-order chi connectivity index (χ0) is 23.2. The molecule has 168 valence electrons. The molecule has 2 heterocycles. The molecule has 0 spiro atoms. The molecule has 1 aliphatic heterocycles. The van der Waals surface area contributed by atoms with Crippen LogP contribution in [0, 0.1) is 11.3 Å². The molecule has 0 saturated carbocycles. The normalized spacial score (nSPS) is 13.8. The van der Waals surface area contributed by atoms with Crippen molar-refractivity contribution in [2.24, 2.45) is 0 Å². The summed E-state index contributed by atoms with van der Waals surface area (Å²) in [5.41, 5.74) is 1.80. The number of amides is 1. The first-order valence-corrected chi connectivity index (χ1v) is 11.1. The maximum absolute atomic E-state index is 12.8. The number of oxazole rings is 1. The Morgan fingerprint density at radius 2 is 1.82 bits per heavy atom. The van der Waals surface area contributed by atoms with E-state index in [2.05, 4.69) is 11.1 Å². The quantitative estimate of drug-likeness (QED) is 0.526. The SMILES string of the molecule is CCOc1ccc(C(=O)N2CCN(c3oc(/C=C/c4ccc(Cl)cc4)nc3C#N)CC2)cc1. The van der Waals surface area contributed by atoms with Crippen molar-refractivity contribution in [1.29, 1.82) is 5.26 Å². The molecule has 3 aromatic rings. The van der Waals surface area contributed by atoms with Crippen LogP contribution in [0.25, 0.3) is 12.2 Å². The summed E-state index contributed by atoms with van der Waals surface area (Å²) in [6.07, 6.45) is 3.57. The van der Waals surface area contributed by atoms with Gasteiger partial charge in [-0.2, -0.15) is 10.2 Å². The molecular weight excluding hydrogens is 440 g/mol. The fraction of sp³-hybridized carbons (Fsp3) is 0.240. The third kappa shape index (κ3) is 5.36. The van der Waals surface area contributed by atoms with Crippen LogP contribution in [0.2, 0.25) is 5.02 Å². The van der Waals surface area contributed by atoms with Crippen molar-refractivity contribution in [2.75, 3.05) is 37.7 Å². The van der Waals surface area contributed by atoms with Crippen LogP contribution in [0.1, 0.15) is 34.4 Å². The van der Waals surface area contributed by atoms with E-state index in [0.29, 0.717) is 55.1 Å². The lowest BCUT2D eigenvalue weighted by Gasteiger charge is -2.34. The Bertz CT molecular complexity index is 1170. The second-order valence-electron chi connectivity index (χ2n) is 7.44. The molecule has 33 heavy (non-hydrogen) atoms. The number of carbonyl (C=O) groups is 1. The van der Waals surface area contributed by atoms with E-state index < -0.39 is 0 Å². The van der Waals surface area contributed by atoms with Crippen molar-refractivity contribution >= 4 is 35.5 Å². The first kappa shape index (κ1) is 22.4. The molecule has 0 N–H and O–H groups in total. The highest BCUT2D eigenvalue weighted by Crippen LogP contribution is 2.25. The van der Waals surface area contributed by atoms with Crippen molar-refractivity contribution in [3.05, 3.63) is 76.3 Å². The Labute approximate surface area is 197 Å². The summed E-state index contributed by atoms with van der Waals surface area (Å²) in [6, 6.07) is 16.6. The summed E-state index contributed by atoms with van der Waals surface area (Å²) >= 11 is 5.91. The predicted molar refractivity (Wildman–Crippen MR) is 127 cm³/mol. The summed E-state index contributed by atoms with van der Waals surface area (Å²) in [5.74, 6) is 1.50. The molecule has 4 rings (SSSR count). The molecule has 0 bridgehead atoms. The maximum atomic E-state index is 12.8. The summed E-state index contributed by atoms with van der Waals surface area (Å²) < 4.78 is 11.3. The van der Waals surface area contributed by atoms with Crippen molar-refractivity contribution < 1.29 is 13.9 Å². The lowest BCUT2D eigenvalue weighted by Crippen LogP contribution is -2.48. The smallest absolute Gasteiger partial charge is 0.253 e. The van der Waals surface area contributed by atoms with Crippen LogP contribution in [-0.2, 0) is 0 Å². The van der Waals surface area contributed by atoms with Crippen molar-refractivity contribution in [3.63, 3.8) is 0 Å². The highest BCUT2D eigenvalue weighted by atomic mass is 35.5. The van der Waals surface area contributed by atoms with E-state index in [0.717, 1.165) is 11.3 Å². The van der Waals surface area contributed by atoms with E-state index in [1.807, 2.05) is 30.0 Å². The van der Waals surface area contributed by atoms with E-state index in [1.54, 1.807) is 47.4 Å². The fourth-order valence-electron chi connectivity index (χ4n) is 3.58. The van der Waals surface area contributed by atoms with Gasteiger partial charge in [-0.05, 0) is 55.0 Å². The number of ether oxygens (including phenoxy) is 1. The number of hydrogen-bond donors (Lipinski definition) is 0. The van der Waals surface area contributed by atoms with Gasteiger partial charge in [0.25, 0.3) is 5.91 Å². The Hall–Kier alpha value is -3.76. The number of benzene rings is 2. The third-order valence-electron chi connectivity index (χ3n) is 5.29. The summed E-state index contributed by atoms with van der Waals surface area (Å²) in [6.45, 7) is 4.64. The second kappa shape index (κ2) is 10.2. The van der Waals surface area contributed by atoms with Crippen LogP contribution in [-0.4, -0.2) is 48.6 Å². The Morgan fingerprint density at radius 3 is 2.45 bits per heavy atom. The maximum Gasteiger partial charge on any atom is 0.253 e. The number of halogens is 1.